The third-order valence-corrected chi connectivity index (χ3v) is 5.86. The minimum absolute atomic E-state index is 0.0263. The summed E-state index contributed by atoms with van der Waals surface area (Å²) in [6, 6.07) is 3.40. The van der Waals surface area contributed by atoms with Gasteiger partial charge in [0.1, 0.15) is 5.82 Å². The van der Waals surface area contributed by atoms with E-state index in [0.717, 1.165) is 25.8 Å². The molecular weight excluding hydrogens is 386 g/mol. The lowest BCUT2D eigenvalue weighted by Gasteiger charge is -2.31. The zero-order chi connectivity index (χ0) is 21.7. The number of nitrogens with zero attached hydrogens (tertiary/aromatic N) is 2. The number of alkyl halides is 2. The number of nitrogen functional groups attached to an aromatic ring is 1. The van der Waals surface area contributed by atoms with E-state index in [-0.39, 0.29) is 24.6 Å². The van der Waals surface area contributed by atoms with Gasteiger partial charge < -0.3 is 16.0 Å². The van der Waals surface area contributed by atoms with E-state index in [2.05, 4.69) is 15.2 Å². The van der Waals surface area contributed by atoms with E-state index in [4.69, 9.17) is 5.73 Å². The Balaban J connectivity index is 1.33. The maximum atomic E-state index is 13.1. The van der Waals surface area contributed by atoms with E-state index in [0.29, 0.717) is 25.2 Å². The SMILES string of the molecule is Nc1ncccc1C(=O)NCCCCCCCCCCCCN1CCC(F)(F)CC1. The molecule has 1 aromatic heterocycles. The van der Waals surface area contributed by atoms with Crippen LogP contribution in [0.5, 0.6) is 0 Å². The molecule has 0 aromatic carbocycles. The largest absolute Gasteiger partial charge is 0.383 e. The van der Waals surface area contributed by atoms with Crippen LogP contribution in [-0.4, -0.2) is 47.9 Å². The normalized spacial score (nSPS) is 16.5. The molecule has 0 saturated carbocycles. The van der Waals surface area contributed by atoms with Crippen molar-refractivity contribution in [2.45, 2.75) is 83.0 Å². The minimum atomic E-state index is -2.43. The number of likely N-dealkylation sites (tertiary alicyclic amines) is 1. The number of halogens is 2. The van der Waals surface area contributed by atoms with Crippen molar-refractivity contribution in [2.24, 2.45) is 0 Å². The minimum Gasteiger partial charge on any atom is -0.383 e. The molecule has 0 unspecified atom stereocenters. The zero-order valence-corrected chi connectivity index (χ0v) is 18.2. The molecule has 1 fully saturated rings. The van der Waals surface area contributed by atoms with E-state index >= 15 is 0 Å². The van der Waals surface area contributed by atoms with Crippen molar-refractivity contribution in [1.82, 2.24) is 15.2 Å². The fourth-order valence-corrected chi connectivity index (χ4v) is 3.89. The molecule has 0 radical (unpaired) electrons. The van der Waals surface area contributed by atoms with Crippen LogP contribution in [0.2, 0.25) is 0 Å². The average molecular weight is 425 g/mol. The maximum Gasteiger partial charge on any atom is 0.255 e. The molecule has 1 amide bonds. The number of nitrogens with two attached hydrogens (primary N) is 1. The van der Waals surface area contributed by atoms with Gasteiger partial charge in [-0.15, -0.1) is 0 Å². The number of nitrogens with one attached hydrogen (secondary N) is 1. The molecule has 5 nitrogen and oxygen atoms in total. The first-order valence-electron chi connectivity index (χ1n) is 11.6. The molecule has 2 heterocycles. The summed E-state index contributed by atoms with van der Waals surface area (Å²) in [4.78, 5) is 18.1. The van der Waals surface area contributed by atoms with E-state index in [9.17, 15) is 13.6 Å². The Kier molecular flexibility index (Phi) is 11.0. The van der Waals surface area contributed by atoms with Crippen molar-refractivity contribution in [3.63, 3.8) is 0 Å². The van der Waals surface area contributed by atoms with Gasteiger partial charge in [-0.05, 0) is 31.5 Å². The Bertz CT molecular complexity index is 617. The van der Waals surface area contributed by atoms with Crippen molar-refractivity contribution in [3.8, 4) is 0 Å². The third kappa shape index (κ3) is 9.83. The Morgan fingerprint density at radius 1 is 1.00 bits per heavy atom. The average Bonchev–Trinajstić information content (AvgIpc) is 2.72. The van der Waals surface area contributed by atoms with Gasteiger partial charge in [-0.1, -0.05) is 51.4 Å². The molecule has 170 valence electrons. The van der Waals surface area contributed by atoms with Crippen LogP contribution in [0, 0.1) is 0 Å². The van der Waals surface area contributed by atoms with Crippen LogP contribution in [0.25, 0.3) is 0 Å². The van der Waals surface area contributed by atoms with Crippen LogP contribution in [0.4, 0.5) is 14.6 Å². The van der Waals surface area contributed by atoms with Gasteiger partial charge in [0, 0.05) is 38.7 Å². The molecule has 0 aliphatic carbocycles. The number of unbranched alkanes of at least 4 members (excludes halogenated alkanes) is 9. The van der Waals surface area contributed by atoms with Crippen molar-refractivity contribution >= 4 is 11.7 Å². The van der Waals surface area contributed by atoms with Gasteiger partial charge in [0.2, 0.25) is 0 Å². The molecule has 0 atom stereocenters. The number of aromatic nitrogens is 1. The molecule has 2 rings (SSSR count). The Morgan fingerprint density at radius 3 is 2.17 bits per heavy atom. The summed E-state index contributed by atoms with van der Waals surface area (Å²) in [5.74, 6) is -2.32. The van der Waals surface area contributed by atoms with E-state index in [1.165, 1.54) is 44.9 Å². The Hall–Kier alpha value is -1.76. The summed E-state index contributed by atoms with van der Waals surface area (Å²) in [7, 11) is 0. The number of hydrogen-bond donors (Lipinski definition) is 2. The highest BCUT2D eigenvalue weighted by Gasteiger charge is 2.33. The number of carbonyl (C=O) groups is 1. The molecule has 1 aromatic rings. The fourth-order valence-electron chi connectivity index (χ4n) is 3.89. The summed E-state index contributed by atoms with van der Waals surface area (Å²) in [5, 5.41) is 2.90. The van der Waals surface area contributed by atoms with Crippen molar-refractivity contribution in [3.05, 3.63) is 23.9 Å². The lowest BCUT2D eigenvalue weighted by atomic mass is 10.0. The Labute approximate surface area is 179 Å². The number of rotatable bonds is 14. The summed E-state index contributed by atoms with van der Waals surface area (Å²) in [6.07, 6.45) is 13.5. The molecular formula is C23H38F2N4O. The summed E-state index contributed by atoms with van der Waals surface area (Å²) in [5.41, 5.74) is 6.14. The monoisotopic (exact) mass is 424 g/mol. The number of anilines is 1. The quantitative estimate of drug-likeness (QED) is 0.411. The number of piperidine rings is 1. The van der Waals surface area contributed by atoms with Crippen LogP contribution in [0.15, 0.2) is 18.3 Å². The van der Waals surface area contributed by atoms with Crippen LogP contribution in [0.3, 0.4) is 0 Å². The predicted octanol–water partition coefficient (Wildman–Crippen LogP) is 5.03. The van der Waals surface area contributed by atoms with Crippen molar-refractivity contribution in [2.75, 3.05) is 31.9 Å². The van der Waals surface area contributed by atoms with E-state index in [1.807, 2.05) is 0 Å². The molecule has 0 spiro atoms. The lowest BCUT2D eigenvalue weighted by Crippen LogP contribution is -2.39. The molecule has 1 aliphatic rings. The van der Waals surface area contributed by atoms with Crippen molar-refractivity contribution < 1.29 is 13.6 Å². The van der Waals surface area contributed by atoms with Gasteiger partial charge in [-0.2, -0.15) is 0 Å². The first kappa shape index (κ1) is 24.5. The van der Waals surface area contributed by atoms with Crippen LogP contribution >= 0.6 is 0 Å². The highest BCUT2D eigenvalue weighted by Crippen LogP contribution is 2.27. The topological polar surface area (TPSA) is 71.2 Å². The lowest BCUT2D eigenvalue weighted by molar-refractivity contribution is -0.0552. The van der Waals surface area contributed by atoms with Gasteiger partial charge in [0.05, 0.1) is 5.56 Å². The summed E-state index contributed by atoms with van der Waals surface area (Å²) >= 11 is 0. The number of carbonyl (C=O) groups excluding carboxylic acids is 1. The van der Waals surface area contributed by atoms with Gasteiger partial charge in [-0.3, -0.25) is 4.79 Å². The summed E-state index contributed by atoms with van der Waals surface area (Å²) in [6.45, 7) is 2.74. The second kappa shape index (κ2) is 13.5. The fraction of sp³-hybridized carbons (Fsp3) is 0.739. The Morgan fingerprint density at radius 2 is 1.57 bits per heavy atom. The van der Waals surface area contributed by atoms with E-state index in [1.54, 1.807) is 18.3 Å². The highest BCUT2D eigenvalue weighted by atomic mass is 19.3. The van der Waals surface area contributed by atoms with Crippen LogP contribution < -0.4 is 11.1 Å². The summed E-state index contributed by atoms with van der Waals surface area (Å²) < 4.78 is 26.2. The molecule has 1 aliphatic heterocycles. The molecule has 0 bridgehead atoms. The van der Waals surface area contributed by atoms with Gasteiger partial charge in [0.25, 0.3) is 11.8 Å². The van der Waals surface area contributed by atoms with E-state index < -0.39 is 5.92 Å². The number of pyridine rings is 1. The highest BCUT2D eigenvalue weighted by molar-refractivity contribution is 5.98. The molecule has 3 N–H and O–H groups in total. The number of amides is 1. The van der Waals surface area contributed by atoms with Crippen LogP contribution in [0.1, 0.15) is 87.4 Å². The second-order valence-corrected chi connectivity index (χ2v) is 8.43. The molecule has 1 saturated heterocycles. The van der Waals surface area contributed by atoms with Gasteiger partial charge in [0.15, 0.2) is 0 Å². The molecule has 30 heavy (non-hydrogen) atoms. The predicted molar refractivity (Wildman–Crippen MR) is 118 cm³/mol. The van der Waals surface area contributed by atoms with Crippen molar-refractivity contribution in [1.29, 1.82) is 0 Å². The molecule has 7 heteroatoms. The first-order chi connectivity index (χ1) is 14.5. The first-order valence-corrected chi connectivity index (χ1v) is 11.6. The second-order valence-electron chi connectivity index (χ2n) is 8.43. The van der Waals surface area contributed by atoms with Crippen LogP contribution in [-0.2, 0) is 0 Å². The van der Waals surface area contributed by atoms with Gasteiger partial charge >= 0.3 is 0 Å². The smallest absolute Gasteiger partial charge is 0.255 e. The third-order valence-electron chi connectivity index (χ3n) is 5.86. The number of hydrogen-bond acceptors (Lipinski definition) is 4. The van der Waals surface area contributed by atoms with Gasteiger partial charge in [-0.25, -0.2) is 13.8 Å². The maximum absolute atomic E-state index is 13.1. The standard InChI is InChI=1S/C23H38F2N4O/c24-23(25)13-18-29(19-14-23)17-10-8-6-4-2-1-3-5-7-9-15-28-22(30)20-12-11-16-27-21(20)26/h11-12,16H,1-10,13-15,17-19H2,(H2,26,27)(H,28,30). The zero-order valence-electron chi connectivity index (χ0n) is 18.2.